The van der Waals surface area contributed by atoms with E-state index in [2.05, 4.69) is 69.1 Å². The van der Waals surface area contributed by atoms with Crippen molar-refractivity contribution in [3.8, 4) is 39.4 Å². The van der Waals surface area contributed by atoms with Crippen LogP contribution in [0.1, 0.15) is 80.7 Å². The van der Waals surface area contributed by atoms with Crippen LogP contribution in [0.3, 0.4) is 0 Å². The largest absolute Gasteiger partial charge is 0.488 e. The molecular formula is C49H58N8O9. The van der Waals surface area contributed by atoms with Crippen LogP contribution < -0.4 is 15.4 Å². The summed E-state index contributed by atoms with van der Waals surface area (Å²) in [5.74, 6) is 2.11. The number of methoxy groups -OCH3 is 2. The number of imidazole rings is 2. The minimum atomic E-state index is -1.25. The lowest BCUT2D eigenvalue weighted by molar-refractivity contribution is -0.147. The molecule has 5 atom stereocenters. The second-order valence-corrected chi connectivity index (χ2v) is 18.0. The number of aliphatic hydroxyl groups excluding tert-OH is 1. The highest BCUT2D eigenvalue weighted by atomic mass is 16.6. The molecule has 3 amide bonds. The van der Waals surface area contributed by atoms with Crippen LogP contribution in [0.15, 0.2) is 60.9 Å². The van der Waals surface area contributed by atoms with Gasteiger partial charge in [-0.05, 0) is 103 Å². The van der Waals surface area contributed by atoms with Gasteiger partial charge in [-0.1, -0.05) is 30.3 Å². The molecule has 0 spiro atoms. The van der Waals surface area contributed by atoms with E-state index in [9.17, 15) is 19.5 Å². The summed E-state index contributed by atoms with van der Waals surface area (Å²) in [6.45, 7) is 3.87. The number of likely N-dealkylation sites (tertiary alicyclic amines) is 2. The highest BCUT2D eigenvalue weighted by Crippen LogP contribution is 2.44. The number of nitrogens with one attached hydrogen (secondary N) is 4. The molecule has 5 aliphatic heterocycles. The Kier molecular flexibility index (Phi) is 12.8. The minimum Gasteiger partial charge on any atom is -0.488 e. The number of ether oxygens (including phenoxy) is 5. The molecule has 17 nitrogen and oxygen atoms in total. The fourth-order valence-corrected chi connectivity index (χ4v) is 10.7. The van der Waals surface area contributed by atoms with Crippen LogP contribution in [-0.2, 0) is 35.1 Å². The number of fused-ring (bicyclic) bond motifs is 5. The van der Waals surface area contributed by atoms with Gasteiger partial charge in [-0.3, -0.25) is 14.9 Å². The third-order valence-corrected chi connectivity index (χ3v) is 14.3. The van der Waals surface area contributed by atoms with Crippen molar-refractivity contribution in [2.24, 2.45) is 11.8 Å². The first-order valence-electron chi connectivity index (χ1n) is 23.3. The smallest absolute Gasteiger partial charge is 0.407 e. The number of carbonyl (C=O) groups is 3. The van der Waals surface area contributed by atoms with Gasteiger partial charge in [0.05, 0.1) is 49.0 Å². The van der Waals surface area contributed by atoms with E-state index in [0.717, 1.165) is 106 Å². The maximum Gasteiger partial charge on any atom is 0.407 e. The Labute approximate surface area is 382 Å². The van der Waals surface area contributed by atoms with Crippen molar-refractivity contribution < 1.29 is 43.2 Å². The van der Waals surface area contributed by atoms with E-state index in [4.69, 9.17) is 33.7 Å². The van der Waals surface area contributed by atoms with Gasteiger partial charge in [0, 0.05) is 63.1 Å². The molecule has 5 aliphatic rings. The summed E-state index contributed by atoms with van der Waals surface area (Å²) in [5.41, 5.74) is 6.85. The van der Waals surface area contributed by atoms with Crippen LogP contribution in [0.25, 0.3) is 44.4 Å². The molecular weight excluding hydrogens is 845 g/mol. The van der Waals surface area contributed by atoms with Crippen molar-refractivity contribution in [3.63, 3.8) is 0 Å². The average molecular weight is 903 g/mol. The predicted molar refractivity (Wildman–Crippen MR) is 243 cm³/mol. The van der Waals surface area contributed by atoms with Gasteiger partial charge in [0.1, 0.15) is 30.0 Å². The van der Waals surface area contributed by atoms with Crippen LogP contribution in [-0.4, -0.2) is 125 Å². The topological polar surface area (TPSA) is 205 Å². The Morgan fingerprint density at radius 2 is 1.32 bits per heavy atom. The molecule has 0 aliphatic carbocycles. The molecule has 3 aromatic carbocycles. The van der Waals surface area contributed by atoms with Gasteiger partial charge in [-0.25, -0.2) is 14.8 Å². The van der Waals surface area contributed by atoms with E-state index < -0.39 is 24.6 Å². The van der Waals surface area contributed by atoms with Gasteiger partial charge >= 0.3 is 6.09 Å². The Hall–Kier alpha value is -5.85. The maximum absolute atomic E-state index is 14.1. The fraction of sp³-hybridized carbons (Fsp3) is 0.490. The Morgan fingerprint density at radius 1 is 0.742 bits per heavy atom. The van der Waals surface area contributed by atoms with Gasteiger partial charge in [0.2, 0.25) is 18.2 Å². The molecule has 4 saturated heterocycles. The fourth-order valence-electron chi connectivity index (χ4n) is 10.7. The first-order chi connectivity index (χ1) is 32.3. The van der Waals surface area contributed by atoms with Crippen molar-refractivity contribution >= 4 is 28.7 Å². The minimum absolute atomic E-state index is 0.0232. The number of carbonyl (C=O) groups excluding carboxylic acids is 3. The van der Waals surface area contributed by atoms with Crippen LogP contribution in [0.2, 0.25) is 0 Å². The molecule has 5 aromatic rings. The summed E-state index contributed by atoms with van der Waals surface area (Å²) in [6, 6.07) is 15.2. The van der Waals surface area contributed by atoms with Crippen molar-refractivity contribution in [1.29, 1.82) is 0 Å². The van der Waals surface area contributed by atoms with E-state index in [0.29, 0.717) is 59.0 Å². The lowest BCUT2D eigenvalue weighted by Crippen LogP contribution is -2.54. The van der Waals surface area contributed by atoms with Gasteiger partial charge in [0.15, 0.2) is 0 Å². The van der Waals surface area contributed by atoms with Crippen molar-refractivity contribution in [1.82, 2.24) is 40.4 Å². The van der Waals surface area contributed by atoms with Gasteiger partial charge < -0.3 is 53.9 Å². The highest BCUT2D eigenvalue weighted by molar-refractivity contribution is 5.98. The first kappa shape index (κ1) is 44.0. The summed E-state index contributed by atoms with van der Waals surface area (Å²) >= 11 is 0. The Balaban J connectivity index is 0.839. The number of H-pyrrole nitrogens is 2. The number of aliphatic hydroxyl groups is 1. The van der Waals surface area contributed by atoms with Gasteiger partial charge in [-0.15, -0.1) is 0 Å². The van der Waals surface area contributed by atoms with Crippen LogP contribution in [0.4, 0.5) is 4.79 Å². The van der Waals surface area contributed by atoms with E-state index in [1.165, 1.54) is 14.2 Å². The Morgan fingerprint density at radius 3 is 1.94 bits per heavy atom. The lowest BCUT2D eigenvalue weighted by Gasteiger charge is -2.35. The molecule has 5 N–H and O–H groups in total. The van der Waals surface area contributed by atoms with Crippen LogP contribution >= 0.6 is 0 Å². The molecule has 0 saturated carbocycles. The first-order valence-corrected chi connectivity index (χ1v) is 23.3. The number of nitrogens with zero attached hydrogens (tertiary/aromatic N) is 4. The second-order valence-electron chi connectivity index (χ2n) is 18.0. The van der Waals surface area contributed by atoms with Crippen molar-refractivity contribution in [2.45, 2.75) is 88.6 Å². The number of amides is 3. The highest BCUT2D eigenvalue weighted by Gasteiger charge is 2.42. The zero-order chi connectivity index (χ0) is 45.3. The molecule has 7 heterocycles. The molecule has 0 bridgehead atoms. The standard InChI is InChI=1S/C49H58N8O9/c1-62-48(60)54-41(28-13-19-64-20-14-28)46(58)56-17-3-5-39(56)44-50-25-37(52-44)31-9-11-35-30(23-31)7-12-36-34-10-8-32(24-33(34)27-66-43(35)36)38-26-51-45(53-38)40-6-4-18-57(40)47(59)42(55-49(61)63-2)29-15-21-65-22-16-29/h7-12,23-26,28-29,39-42,48,54,60H,3-6,13-22,27H2,1-2H3,(H,50,52)(H,51,53)(H,55,61). The summed E-state index contributed by atoms with van der Waals surface area (Å²) in [6.07, 6.45) is 7.89. The quantitative estimate of drug-likeness (QED) is 0.0920. The van der Waals surface area contributed by atoms with Crippen molar-refractivity contribution in [2.75, 3.05) is 53.7 Å². The Bertz CT molecular complexity index is 2570. The van der Waals surface area contributed by atoms with E-state index in [1.807, 2.05) is 22.2 Å². The molecule has 17 heteroatoms. The third-order valence-electron chi connectivity index (χ3n) is 14.3. The summed E-state index contributed by atoms with van der Waals surface area (Å²) in [5, 5.41) is 18.2. The maximum atomic E-state index is 14.1. The number of rotatable bonds is 12. The van der Waals surface area contributed by atoms with Crippen molar-refractivity contribution in [3.05, 3.63) is 78.1 Å². The number of aromatic nitrogens is 4. The number of hydrogen-bond donors (Lipinski definition) is 5. The number of aromatic amines is 2. The van der Waals surface area contributed by atoms with E-state index in [1.54, 1.807) is 0 Å². The average Bonchev–Trinajstić information content (AvgIpc) is 4.22. The molecule has 5 unspecified atom stereocenters. The van der Waals surface area contributed by atoms with Gasteiger partial charge in [0.25, 0.3) is 0 Å². The lowest BCUT2D eigenvalue weighted by atomic mass is 9.90. The van der Waals surface area contributed by atoms with Crippen LogP contribution in [0, 0.1) is 11.8 Å². The molecule has 4 fully saturated rings. The normalized spacial score (nSPS) is 21.5. The third kappa shape index (κ3) is 8.65. The number of alkyl carbamates (subject to hydrolysis) is 1. The van der Waals surface area contributed by atoms with E-state index in [-0.39, 0.29) is 35.7 Å². The summed E-state index contributed by atoms with van der Waals surface area (Å²) in [4.78, 5) is 60.9. The van der Waals surface area contributed by atoms with E-state index >= 15 is 0 Å². The number of benzene rings is 3. The predicted octanol–water partition coefficient (Wildman–Crippen LogP) is 5.96. The molecule has 2 aromatic heterocycles. The molecule has 10 rings (SSSR count). The van der Waals surface area contributed by atoms with Crippen LogP contribution in [0.5, 0.6) is 5.75 Å². The van der Waals surface area contributed by atoms with Gasteiger partial charge in [-0.2, -0.15) is 0 Å². The monoisotopic (exact) mass is 902 g/mol. The second kappa shape index (κ2) is 19.2. The summed E-state index contributed by atoms with van der Waals surface area (Å²) in [7, 11) is 2.72. The SMILES string of the molecule is COC(=O)NC(C(=O)N1CCCC1c1ncc(-c2ccc3c(c2)COc2c-3ccc3cc(-c4cnc(C5CCCN5C(=O)C(NC(O)OC)C5CCOCC5)[nH]4)ccc23)[nH]1)C1CCOCC1. The molecule has 66 heavy (non-hydrogen) atoms. The molecule has 0 radical (unpaired) electrons. The number of hydrogen-bond acceptors (Lipinski definition) is 12. The zero-order valence-electron chi connectivity index (χ0n) is 37.4. The molecule has 348 valence electrons. The summed E-state index contributed by atoms with van der Waals surface area (Å²) < 4.78 is 27.6. The zero-order valence-corrected chi connectivity index (χ0v) is 37.4.